The Labute approximate surface area is 182 Å². The van der Waals surface area contributed by atoms with Gasteiger partial charge >= 0.3 is 0 Å². The Kier molecular flexibility index (Phi) is 8.72. The van der Waals surface area contributed by atoms with Gasteiger partial charge in [-0.25, -0.2) is 0 Å². The van der Waals surface area contributed by atoms with Crippen LogP contribution < -0.4 is 9.47 Å². The van der Waals surface area contributed by atoms with Gasteiger partial charge in [-0.2, -0.15) is 5.26 Å². The van der Waals surface area contributed by atoms with Gasteiger partial charge in [0.25, 0.3) is 0 Å². The lowest BCUT2D eigenvalue weighted by molar-refractivity contribution is -0.126. The molecule has 1 amide bonds. The summed E-state index contributed by atoms with van der Waals surface area (Å²) in [5.74, 6) is 0.813. The van der Waals surface area contributed by atoms with Crippen LogP contribution in [0.4, 0.5) is 0 Å². The fourth-order valence-electron chi connectivity index (χ4n) is 2.85. The molecule has 0 aliphatic carbocycles. The minimum atomic E-state index is -0.134. The molecule has 0 saturated carbocycles. The number of carbonyl (C=O) groups excluding carboxylic acids is 1. The maximum atomic E-state index is 12.9. The van der Waals surface area contributed by atoms with Crippen LogP contribution >= 0.6 is 11.6 Å². The van der Waals surface area contributed by atoms with Gasteiger partial charge in [0.1, 0.15) is 0 Å². The van der Waals surface area contributed by atoms with Crippen LogP contribution in [0.15, 0.2) is 42.5 Å². The van der Waals surface area contributed by atoms with E-state index in [0.717, 1.165) is 17.7 Å². The lowest BCUT2D eigenvalue weighted by atomic mass is 10.1. The molecule has 0 radical (unpaired) electrons. The number of ether oxygens (including phenoxy) is 2. The maximum absolute atomic E-state index is 12.9. The molecule has 0 aliphatic rings. The van der Waals surface area contributed by atoms with Crippen molar-refractivity contribution >= 4 is 23.6 Å². The molecule has 158 valence electrons. The molecule has 7 heteroatoms. The van der Waals surface area contributed by atoms with Crippen LogP contribution in [0.3, 0.4) is 0 Å². The van der Waals surface area contributed by atoms with Gasteiger partial charge in [0.05, 0.1) is 30.9 Å². The number of carbonyl (C=O) groups is 1. The number of likely N-dealkylation sites (N-methyl/N-ethyl adjacent to an activating group) is 1. The van der Waals surface area contributed by atoms with Crippen LogP contribution in [-0.4, -0.2) is 57.1 Å². The van der Waals surface area contributed by atoms with Crippen LogP contribution in [0, 0.1) is 11.3 Å². The summed E-state index contributed by atoms with van der Waals surface area (Å²) in [6, 6.07) is 12.9. The molecule has 0 unspecified atom stereocenters. The predicted molar refractivity (Wildman–Crippen MR) is 119 cm³/mol. The molecule has 0 bridgehead atoms. The zero-order chi connectivity index (χ0) is 22.1. The summed E-state index contributed by atoms with van der Waals surface area (Å²) in [7, 11) is 6.97. The van der Waals surface area contributed by atoms with E-state index in [9.17, 15) is 4.79 Å². The van der Waals surface area contributed by atoms with Crippen molar-refractivity contribution in [2.75, 3.05) is 41.4 Å². The lowest BCUT2D eigenvalue weighted by Gasteiger charge is -2.23. The van der Waals surface area contributed by atoms with Crippen molar-refractivity contribution in [3.63, 3.8) is 0 Å². The first-order chi connectivity index (χ1) is 14.4. The fourth-order valence-corrected chi connectivity index (χ4v) is 3.15. The maximum Gasteiger partial charge on any atom is 0.246 e. The Morgan fingerprint density at radius 2 is 1.93 bits per heavy atom. The molecule has 0 saturated heterocycles. The van der Waals surface area contributed by atoms with Gasteiger partial charge in [-0.15, -0.1) is 0 Å². The van der Waals surface area contributed by atoms with Crippen LogP contribution in [0.5, 0.6) is 11.5 Å². The first-order valence-electron chi connectivity index (χ1n) is 9.40. The first kappa shape index (κ1) is 23.3. The molecule has 30 heavy (non-hydrogen) atoms. The van der Waals surface area contributed by atoms with E-state index in [1.165, 1.54) is 20.3 Å². The highest BCUT2D eigenvalue weighted by Crippen LogP contribution is 2.36. The standard InChI is InChI=1S/C23H26ClN3O3/c1-26(2)10-11-27(16-19-7-5-6-18(12-19)15-25)22(28)9-8-17-13-20(24)23(30-4)21(14-17)29-3/h5-9,12-14H,10-11,16H2,1-4H3/b9-8+. The third kappa shape index (κ3) is 6.51. The molecule has 2 rings (SSSR count). The summed E-state index contributed by atoms with van der Waals surface area (Å²) < 4.78 is 10.5. The SMILES string of the molecule is COc1cc(/C=C/C(=O)N(CCN(C)C)Cc2cccc(C#N)c2)cc(Cl)c1OC. The average molecular weight is 428 g/mol. The van der Waals surface area contributed by atoms with Crippen molar-refractivity contribution in [3.8, 4) is 17.6 Å². The first-order valence-corrected chi connectivity index (χ1v) is 9.78. The highest BCUT2D eigenvalue weighted by molar-refractivity contribution is 6.32. The molecular formula is C23H26ClN3O3. The monoisotopic (exact) mass is 427 g/mol. The van der Waals surface area contributed by atoms with Gasteiger partial charge in [-0.3, -0.25) is 4.79 Å². The molecule has 2 aromatic carbocycles. The Morgan fingerprint density at radius 3 is 2.57 bits per heavy atom. The highest BCUT2D eigenvalue weighted by atomic mass is 35.5. The summed E-state index contributed by atoms with van der Waals surface area (Å²) >= 11 is 6.25. The summed E-state index contributed by atoms with van der Waals surface area (Å²) in [6.07, 6.45) is 3.21. The van der Waals surface area contributed by atoms with Crippen molar-refractivity contribution in [3.05, 3.63) is 64.2 Å². The molecule has 0 heterocycles. The van der Waals surface area contributed by atoms with Crippen LogP contribution in [0.2, 0.25) is 5.02 Å². The number of nitriles is 1. The van der Waals surface area contributed by atoms with E-state index < -0.39 is 0 Å². The van der Waals surface area contributed by atoms with E-state index in [-0.39, 0.29) is 5.91 Å². The Balaban J connectivity index is 2.23. The molecule has 6 nitrogen and oxygen atoms in total. The van der Waals surface area contributed by atoms with Gasteiger partial charge < -0.3 is 19.3 Å². The largest absolute Gasteiger partial charge is 0.493 e. The number of nitrogens with zero attached hydrogens (tertiary/aromatic N) is 3. The van der Waals surface area contributed by atoms with Crippen molar-refractivity contribution in [2.45, 2.75) is 6.54 Å². The molecular weight excluding hydrogens is 402 g/mol. The third-order valence-corrected chi connectivity index (χ3v) is 4.71. The van der Waals surface area contributed by atoms with Gasteiger partial charge in [0.15, 0.2) is 11.5 Å². The summed E-state index contributed by atoms with van der Waals surface area (Å²) in [4.78, 5) is 16.7. The minimum absolute atomic E-state index is 0.134. The number of benzene rings is 2. The molecule has 0 N–H and O–H groups in total. The zero-order valence-electron chi connectivity index (χ0n) is 17.7. The summed E-state index contributed by atoms with van der Waals surface area (Å²) in [6.45, 7) is 1.69. The van der Waals surface area contributed by atoms with Crippen molar-refractivity contribution in [1.29, 1.82) is 5.26 Å². The number of hydrogen-bond donors (Lipinski definition) is 0. The lowest BCUT2D eigenvalue weighted by Crippen LogP contribution is -2.35. The normalized spacial score (nSPS) is 10.8. The predicted octanol–water partition coefficient (Wildman–Crippen LogP) is 3.83. The second-order valence-electron chi connectivity index (χ2n) is 6.95. The van der Waals surface area contributed by atoms with Crippen LogP contribution in [-0.2, 0) is 11.3 Å². The van der Waals surface area contributed by atoms with Crippen molar-refractivity contribution in [1.82, 2.24) is 9.80 Å². The van der Waals surface area contributed by atoms with Crippen LogP contribution in [0.25, 0.3) is 6.08 Å². The fraction of sp³-hybridized carbons (Fsp3) is 0.304. The number of rotatable bonds is 9. The molecule has 2 aromatic rings. The second-order valence-corrected chi connectivity index (χ2v) is 7.35. The molecule has 0 aromatic heterocycles. The summed E-state index contributed by atoms with van der Waals surface area (Å²) in [5, 5.41) is 9.52. The van der Waals surface area contributed by atoms with Crippen LogP contribution in [0.1, 0.15) is 16.7 Å². The van der Waals surface area contributed by atoms with Gasteiger partial charge in [-0.1, -0.05) is 23.7 Å². The number of hydrogen-bond acceptors (Lipinski definition) is 5. The molecule has 0 atom stereocenters. The van der Waals surface area contributed by atoms with Gasteiger partial charge in [-0.05, 0) is 55.6 Å². The molecule has 0 fully saturated rings. The van der Waals surface area contributed by atoms with Gasteiger partial charge in [0.2, 0.25) is 5.91 Å². The van der Waals surface area contributed by atoms with Crippen molar-refractivity contribution < 1.29 is 14.3 Å². The van der Waals surface area contributed by atoms with E-state index in [1.54, 1.807) is 35.2 Å². The Bertz CT molecular complexity index is 951. The Morgan fingerprint density at radius 1 is 1.17 bits per heavy atom. The topological polar surface area (TPSA) is 65.8 Å². The van der Waals surface area contributed by atoms with E-state index in [1.807, 2.05) is 31.1 Å². The third-order valence-electron chi connectivity index (χ3n) is 4.43. The quantitative estimate of drug-likeness (QED) is 0.569. The highest BCUT2D eigenvalue weighted by Gasteiger charge is 2.13. The average Bonchev–Trinajstić information content (AvgIpc) is 2.74. The van der Waals surface area contributed by atoms with Gasteiger partial charge in [0, 0.05) is 25.7 Å². The number of methoxy groups -OCH3 is 2. The smallest absolute Gasteiger partial charge is 0.246 e. The second kappa shape index (κ2) is 11.2. The number of halogens is 1. The molecule has 0 spiro atoms. The van der Waals surface area contributed by atoms with E-state index >= 15 is 0 Å². The minimum Gasteiger partial charge on any atom is -0.493 e. The summed E-state index contributed by atoms with van der Waals surface area (Å²) in [5.41, 5.74) is 2.21. The Hall–Kier alpha value is -3.01. The van der Waals surface area contributed by atoms with E-state index in [2.05, 4.69) is 6.07 Å². The van der Waals surface area contributed by atoms with Crippen molar-refractivity contribution in [2.24, 2.45) is 0 Å². The number of amides is 1. The van der Waals surface area contributed by atoms with E-state index in [0.29, 0.717) is 35.2 Å². The van der Waals surface area contributed by atoms with E-state index in [4.69, 9.17) is 26.3 Å². The molecule has 0 aliphatic heterocycles. The zero-order valence-corrected chi connectivity index (χ0v) is 18.4.